The number of nitrogens with zero attached hydrogens (tertiary/aromatic N) is 2. The van der Waals surface area contributed by atoms with Gasteiger partial charge in [0.1, 0.15) is 0 Å². The summed E-state index contributed by atoms with van der Waals surface area (Å²) in [6.07, 6.45) is 1.39. The summed E-state index contributed by atoms with van der Waals surface area (Å²) in [6, 6.07) is 0. The molecule has 1 aromatic heterocycles. The van der Waals surface area contributed by atoms with E-state index in [0.29, 0.717) is 28.9 Å². The van der Waals surface area contributed by atoms with Gasteiger partial charge in [0.2, 0.25) is 11.0 Å². The van der Waals surface area contributed by atoms with Gasteiger partial charge in [-0.2, -0.15) is 0 Å². The molecule has 1 saturated carbocycles. The lowest BCUT2D eigenvalue weighted by Gasteiger charge is -2.05. The summed E-state index contributed by atoms with van der Waals surface area (Å²) in [5, 5.41) is 10.7. The number of amides is 1. The Labute approximate surface area is 130 Å². The Hall–Kier alpha value is -0.900. The first-order valence-electron chi connectivity index (χ1n) is 5.76. The Morgan fingerprint density at radius 2 is 2.20 bits per heavy atom. The average molecular weight is 339 g/mol. The molecule has 2 rings (SSSR count). The minimum absolute atomic E-state index is 0. The third-order valence-corrected chi connectivity index (χ3v) is 4.43. The van der Waals surface area contributed by atoms with Gasteiger partial charge in [0.05, 0.1) is 17.9 Å². The molecule has 10 heteroatoms. The maximum atomic E-state index is 11.7. The Balaban J connectivity index is 0.00000200. The Kier molecular flexibility index (Phi) is 6.18. The third kappa shape index (κ3) is 4.58. The monoisotopic (exact) mass is 338 g/mol. The van der Waals surface area contributed by atoms with Crippen molar-refractivity contribution in [3.63, 3.8) is 0 Å². The number of halogens is 1. The molecule has 0 atom stereocenters. The molecule has 1 aromatic rings. The van der Waals surface area contributed by atoms with Crippen molar-refractivity contribution in [1.82, 2.24) is 10.2 Å². The number of carbonyl (C=O) groups is 2. The van der Waals surface area contributed by atoms with Gasteiger partial charge in [-0.15, -0.1) is 22.6 Å². The van der Waals surface area contributed by atoms with Crippen LogP contribution in [0.5, 0.6) is 0 Å². The molecule has 112 valence electrons. The summed E-state index contributed by atoms with van der Waals surface area (Å²) in [4.78, 5) is 22.8. The first-order chi connectivity index (χ1) is 9.03. The van der Waals surface area contributed by atoms with Crippen LogP contribution in [0.25, 0.3) is 0 Å². The second-order valence-electron chi connectivity index (χ2n) is 4.08. The van der Waals surface area contributed by atoms with Crippen molar-refractivity contribution in [3.8, 4) is 0 Å². The molecular formula is C10H15ClN4O3S2. The largest absolute Gasteiger partial charge is 0.465 e. The molecular weight excluding hydrogens is 324 g/mol. The number of carbonyl (C=O) groups excluding carboxylic acids is 2. The number of thioether (sulfide) groups is 1. The van der Waals surface area contributed by atoms with E-state index in [1.807, 2.05) is 0 Å². The molecule has 1 aliphatic rings. The van der Waals surface area contributed by atoms with E-state index in [2.05, 4.69) is 15.5 Å². The molecule has 0 aromatic carbocycles. The van der Waals surface area contributed by atoms with Crippen LogP contribution in [-0.4, -0.2) is 40.0 Å². The fourth-order valence-electron chi connectivity index (χ4n) is 1.23. The van der Waals surface area contributed by atoms with Crippen molar-refractivity contribution in [1.29, 1.82) is 0 Å². The summed E-state index contributed by atoms with van der Waals surface area (Å²) < 4.78 is 5.40. The highest BCUT2D eigenvalue weighted by Crippen LogP contribution is 2.34. The summed E-state index contributed by atoms with van der Waals surface area (Å²) in [6.45, 7) is 2.11. The number of aromatic nitrogens is 2. The minimum atomic E-state index is -0.732. The fraction of sp³-hybridized carbons (Fsp3) is 0.600. The van der Waals surface area contributed by atoms with Gasteiger partial charge in [0.15, 0.2) is 4.34 Å². The Bertz CT molecular complexity index is 493. The molecule has 20 heavy (non-hydrogen) atoms. The van der Waals surface area contributed by atoms with Crippen LogP contribution in [-0.2, 0) is 14.3 Å². The normalized spacial score (nSPS) is 15.1. The van der Waals surface area contributed by atoms with Crippen molar-refractivity contribution >= 4 is 52.5 Å². The summed E-state index contributed by atoms with van der Waals surface area (Å²) in [5.41, 5.74) is 5.02. The number of rotatable bonds is 6. The van der Waals surface area contributed by atoms with Crippen LogP contribution < -0.4 is 11.1 Å². The fourth-order valence-corrected chi connectivity index (χ4v) is 2.77. The zero-order chi connectivity index (χ0) is 13.9. The van der Waals surface area contributed by atoms with Gasteiger partial charge >= 0.3 is 5.97 Å². The number of nitrogens with one attached hydrogen (secondary N) is 1. The number of esters is 1. The lowest BCUT2D eigenvalue weighted by molar-refractivity contribution is -0.139. The Morgan fingerprint density at radius 3 is 2.80 bits per heavy atom. The lowest BCUT2D eigenvalue weighted by atomic mass is 10.3. The predicted molar refractivity (Wildman–Crippen MR) is 79.3 cm³/mol. The number of hydrogen-bond acceptors (Lipinski definition) is 8. The quantitative estimate of drug-likeness (QED) is 0.453. The molecule has 0 bridgehead atoms. The molecule has 0 unspecified atom stereocenters. The second-order valence-corrected chi connectivity index (χ2v) is 6.28. The van der Waals surface area contributed by atoms with E-state index >= 15 is 0 Å². The van der Waals surface area contributed by atoms with Gasteiger partial charge in [0, 0.05) is 0 Å². The van der Waals surface area contributed by atoms with E-state index in [0.717, 1.165) is 0 Å². The molecule has 7 nitrogen and oxygen atoms in total. The van der Waals surface area contributed by atoms with Crippen molar-refractivity contribution < 1.29 is 14.3 Å². The lowest BCUT2D eigenvalue weighted by Crippen LogP contribution is -2.37. The number of anilines is 1. The molecule has 1 amide bonds. The first kappa shape index (κ1) is 17.2. The number of hydrogen-bond donors (Lipinski definition) is 2. The van der Waals surface area contributed by atoms with Gasteiger partial charge in [0.25, 0.3) is 0 Å². The summed E-state index contributed by atoms with van der Waals surface area (Å²) in [5.74, 6) is -0.352. The van der Waals surface area contributed by atoms with Gasteiger partial charge in [-0.3, -0.25) is 14.9 Å². The van der Waals surface area contributed by atoms with Gasteiger partial charge in [-0.25, -0.2) is 0 Å². The van der Waals surface area contributed by atoms with Crippen molar-refractivity contribution in [3.05, 3.63) is 0 Å². The van der Waals surface area contributed by atoms with E-state index in [1.54, 1.807) is 6.92 Å². The van der Waals surface area contributed by atoms with Gasteiger partial charge in [-0.05, 0) is 19.8 Å². The van der Waals surface area contributed by atoms with Crippen LogP contribution in [0, 0.1) is 0 Å². The molecule has 3 N–H and O–H groups in total. The third-order valence-electron chi connectivity index (χ3n) is 2.49. The topological polar surface area (TPSA) is 107 Å². The highest BCUT2D eigenvalue weighted by molar-refractivity contribution is 8.01. The van der Waals surface area contributed by atoms with Crippen LogP contribution in [0.4, 0.5) is 5.13 Å². The minimum Gasteiger partial charge on any atom is -0.465 e. The van der Waals surface area contributed by atoms with Crippen LogP contribution >= 0.6 is 35.5 Å². The number of nitrogens with two attached hydrogens (primary N) is 1. The zero-order valence-electron chi connectivity index (χ0n) is 10.7. The van der Waals surface area contributed by atoms with Crippen LogP contribution in [0.1, 0.15) is 19.8 Å². The predicted octanol–water partition coefficient (Wildman–Crippen LogP) is 1.04. The summed E-state index contributed by atoms with van der Waals surface area (Å²) in [7, 11) is 0. The molecule has 0 spiro atoms. The van der Waals surface area contributed by atoms with E-state index in [4.69, 9.17) is 10.5 Å². The highest BCUT2D eigenvalue weighted by atomic mass is 35.5. The highest BCUT2D eigenvalue weighted by Gasteiger charge is 2.46. The zero-order valence-corrected chi connectivity index (χ0v) is 13.2. The standard InChI is InChI=1S/C10H14N4O3S2.ClH/c1-2-17-6(15)5-18-9-14-13-8(19-9)12-7(16)10(11)3-4-10;/h2-5,11H2,1H3,(H,12,13,16);1H. The molecule has 0 radical (unpaired) electrons. The summed E-state index contributed by atoms with van der Waals surface area (Å²) >= 11 is 2.44. The first-order valence-corrected chi connectivity index (χ1v) is 7.56. The van der Waals surface area contributed by atoms with Crippen LogP contribution in [0.3, 0.4) is 0 Å². The van der Waals surface area contributed by atoms with Crippen LogP contribution in [0.15, 0.2) is 4.34 Å². The maximum Gasteiger partial charge on any atom is 0.316 e. The van der Waals surface area contributed by atoms with Crippen molar-refractivity contribution in [2.24, 2.45) is 5.73 Å². The van der Waals surface area contributed by atoms with Crippen molar-refractivity contribution in [2.45, 2.75) is 29.6 Å². The van der Waals surface area contributed by atoms with E-state index in [1.165, 1.54) is 23.1 Å². The molecule has 0 aliphatic heterocycles. The number of ether oxygens (including phenoxy) is 1. The molecule has 1 heterocycles. The molecule has 1 aliphatic carbocycles. The molecule has 1 fully saturated rings. The van der Waals surface area contributed by atoms with E-state index in [9.17, 15) is 9.59 Å². The maximum absolute atomic E-state index is 11.7. The van der Waals surface area contributed by atoms with Gasteiger partial charge < -0.3 is 10.5 Å². The average Bonchev–Trinajstić information content (AvgIpc) is 2.97. The van der Waals surface area contributed by atoms with Gasteiger partial charge in [-0.1, -0.05) is 23.1 Å². The molecule has 0 saturated heterocycles. The second kappa shape index (κ2) is 7.21. The van der Waals surface area contributed by atoms with E-state index < -0.39 is 5.54 Å². The smallest absolute Gasteiger partial charge is 0.316 e. The van der Waals surface area contributed by atoms with Crippen LogP contribution in [0.2, 0.25) is 0 Å². The Morgan fingerprint density at radius 1 is 1.50 bits per heavy atom. The van der Waals surface area contributed by atoms with E-state index in [-0.39, 0.29) is 30.0 Å². The van der Waals surface area contributed by atoms with Crippen molar-refractivity contribution in [2.75, 3.05) is 17.7 Å². The SMILES string of the molecule is CCOC(=O)CSc1nnc(NC(=O)C2(N)CC2)s1.Cl.